The molecule has 3 aromatic carbocycles. The lowest BCUT2D eigenvalue weighted by Gasteiger charge is -2.24. The number of carboxylic acids is 1. The molecule has 7 nitrogen and oxygen atoms in total. The minimum atomic E-state index is -1.01. The maximum atomic E-state index is 13.8. The van der Waals surface area contributed by atoms with Gasteiger partial charge in [-0.2, -0.15) is 0 Å². The number of benzene rings is 3. The number of pyridine rings is 1. The number of aliphatic carboxylic acids is 1. The number of halogens is 1. The largest absolute Gasteiger partial charge is 0.481 e. The van der Waals surface area contributed by atoms with Gasteiger partial charge in [0.2, 0.25) is 0 Å². The second-order valence-electron chi connectivity index (χ2n) is 9.07. The van der Waals surface area contributed by atoms with Crippen LogP contribution in [0.5, 0.6) is 0 Å². The van der Waals surface area contributed by atoms with Crippen LogP contribution in [-0.2, 0) is 11.3 Å². The third kappa shape index (κ3) is 6.93. The van der Waals surface area contributed by atoms with E-state index in [4.69, 9.17) is 0 Å². The lowest BCUT2D eigenvalue weighted by molar-refractivity contribution is -0.137. The van der Waals surface area contributed by atoms with Gasteiger partial charge in [0, 0.05) is 36.6 Å². The Morgan fingerprint density at radius 1 is 0.897 bits per heavy atom. The summed E-state index contributed by atoms with van der Waals surface area (Å²) in [5.74, 6) is -2.07. The van der Waals surface area contributed by atoms with Crippen LogP contribution >= 0.6 is 0 Å². The number of carbonyl (C=O) groups is 3. The van der Waals surface area contributed by atoms with Gasteiger partial charge in [0.15, 0.2) is 0 Å². The van der Waals surface area contributed by atoms with Crippen LogP contribution in [-0.4, -0.2) is 39.3 Å². The van der Waals surface area contributed by atoms with Crippen LogP contribution in [0.2, 0.25) is 0 Å². The quantitative estimate of drug-likeness (QED) is 0.285. The average Bonchev–Trinajstić information content (AvgIpc) is 2.95. The highest BCUT2D eigenvalue weighted by Crippen LogP contribution is 2.29. The SMILES string of the molecule is CC(NC(=O)c1ccccc1-c1ccccc1C(=O)N(CCC(=O)O)Cc1cccnc1)c1ccc(F)cc1. The first-order valence-electron chi connectivity index (χ1n) is 12.5. The number of aromatic nitrogens is 1. The Morgan fingerprint density at radius 2 is 1.54 bits per heavy atom. The van der Waals surface area contributed by atoms with E-state index in [2.05, 4.69) is 10.3 Å². The molecule has 2 amide bonds. The van der Waals surface area contributed by atoms with Crippen molar-refractivity contribution in [3.05, 3.63) is 125 Å². The topological polar surface area (TPSA) is 99.6 Å². The zero-order chi connectivity index (χ0) is 27.8. The number of rotatable bonds is 10. The number of hydrogen-bond donors (Lipinski definition) is 2. The Morgan fingerprint density at radius 3 is 2.18 bits per heavy atom. The molecule has 1 aromatic heterocycles. The second-order valence-corrected chi connectivity index (χ2v) is 9.07. The fourth-order valence-corrected chi connectivity index (χ4v) is 4.30. The maximum absolute atomic E-state index is 13.8. The molecule has 2 N–H and O–H groups in total. The average molecular weight is 526 g/mol. The highest BCUT2D eigenvalue weighted by molar-refractivity contribution is 6.06. The van der Waals surface area contributed by atoms with Crippen LogP contribution in [0.15, 0.2) is 97.3 Å². The Balaban J connectivity index is 1.65. The van der Waals surface area contributed by atoms with E-state index in [9.17, 15) is 23.9 Å². The molecule has 39 heavy (non-hydrogen) atoms. The predicted octanol–water partition coefficient (Wildman–Crippen LogP) is 5.50. The highest BCUT2D eigenvalue weighted by Gasteiger charge is 2.23. The molecule has 0 spiro atoms. The Labute approximate surface area is 225 Å². The molecule has 1 heterocycles. The van der Waals surface area contributed by atoms with Crippen LogP contribution in [0.3, 0.4) is 0 Å². The van der Waals surface area contributed by atoms with E-state index in [0.29, 0.717) is 22.3 Å². The van der Waals surface area contributed by atoms with Crippen molar-refractivity contribution in [3.8, 4) is 11.1 Å². The van der Waals surface area contributed by atoms with Gasteiger partial charge in [0.1, 0.15) is 5.82 Å². The standard InChI is InChI=1S/C31H28FN3O4/c1-21(23-12-14-24(32)15-13-23)34-30(38)27-10-4-2-8-25(27)26-9-3-5-11-28(26)31(39)35(18-16-29(36)37)20-22-7-6-17-33-19-22/h2-15,17,19,21H,16,18,20H2,1H3,(H,34,38)(H,36,37). The molecular weight excluding hydrogens is 497 g/mol. The second kappa shape index (κ2) is 12.6. The fourth-order valence-electron chi connectivity index (χ4n) is 4.30. The molecule has 8 heteroatoms. The van der Waals surface area contributed by atoms with Gasteiger partial charge < -0.3 is 15.3 Å². The van der Waals surface area contributed by atoms with E-state index >= 15 is 0 Å². The van der Waals surface area contributed by atoms with Gasteiger partial charge in [-0.05, 0) is 59.5 Å². The molecule has 0 aliphatic heterocycles. The van der Waals surface area contributed by atoms with Gasteiger partial charge in [-0.15, -0.1) is 0 Å². The molecule has 0 saturated carbocycles. The van der Waals surface area contributed by atoms with Crippen molar-refractivity contribution in [1.29, 1.82) is 0 Å². The molecule has 0 aliphatic rings. The zero-order valence-corrected chi connectivity index (χ0v) is 21.4. The Bertz CT molecular complexity index is 1460. The first-order valence-corrected chi connectivity index (χ1v) is 12.5. The van der Waals surface area contributed by atoms with Crippen molar-refractivity contribution < 1.29 is 23.9 Å². The Hall–Kier alpha value is -4.85. The van der Waals surface area contributed by atoms with Crippen molar-refractivity contribution in [2.75, 3.05) is 6.54 Å². The normalized spacial score (nSPS) is 11.4. The van der Waals surface area contributed by atoms with Crippen molar-refractivity contribution >= 4 is 17.8 Å². The lowest BCUT2D eigenvalue weighted by atomic mass is 9.94. The first kappa shape index (κ1) is 27.2. The van der Waals surface area contributed by atoms with E-state index in [0.717, 1.165) is 11.1 Å². The van der Waals surface area contributed by atoms with Gasteiger partial charge in [-0.25, -0.2) is 4.39 Å². The fraction of sp³-hybridized carbons (Fsp3) is 0.161. The Kier molecular flexibility index (Phi) is 8.78. The summed E-state index contributed by atoms with van der Waals surface area (Å²) in [6.45, 7) is 2.00. The van der Waals surface area contributed by atoms with E-state index < -0.39 is 5.97 Å². The minimum Gasteiger partial charge on any atom is -0.481 e. The molecule has 4 rings (SSSR count). The van der Waals surface area contributed by atoms with Gasteiger partial charge in [-0.1, -0.05) is 54.6 Å². The van der Waals surface area contributed by atoms with Crippen LogP contribution < -0.4 is 5.32 Å². The smallest absolute Gasteiger partial charge is 0.305 e. The number of carbonyl (C=O) groups excluding carboxylic acids is 2. The minimum absolute atomic E-state index is 0.00864. The van der Waals surface area contributed by atoms with E-state index in [1.54, 1.807) is 79.1 Å². The zero-order valence-electron chi connectivity index (χ0n) is 21.4. The number of hydrogen-bond acceptors (Lipinski definition) is 4. The third-order valence-corrected chi connectivity index (χ3v) is 6.32. The predicted molar refractivity (Wildman–Crippen MR) is 145 cm³/mol. The van der Waals surface area contributed by atoms with Crippen LogP contribution in [0.4, 0.5) is 4.39 Å². The van der Waals surface area contributed by atoms with Crippen molar-refractivity contribution in [1.82, 2.24) is 15.2 Å². The van der Waals surface area contributed by atoms with Gasteiger partial charge in [0.25, 0.3) is 11.8 Å². The molecule has 1 atom stereocenters. The summed E-state index contributed by atoms with van der Waals surface area (Å²) in [6.07, 6.45) is 3.05. The molecule has 4 aromatic rings. The summed E-state index contributed by atoms with van der Waals surface area (Å²) >= 11 is 0. The molecule has 0 bridgehead atoms. The molecule has 1 unspecified atom stereocenters. The highest BCUT2D eigenvalue weighted by atomic mass is 19.1. The van der Waals surface area contributed by atoms with Crippen molar-refractivity contribution in [3.63, 3.8) is 0 Å². The molecule has 0 saturated heterocycles. The molecule has 198 valence electrons. The number of nitrogens with one attached hydrogen (secondary N) is 1. The summed E-state index contributed by atoms with van der Waals surface area (Å²) in [5, 5.41) is 12.2. The summed E-state index contributed by atoms with van der Waals surface area (Å²) in [7, 11) is 0. The van der Waals surface area contributed by atoms with Crippen LogP contribution in [0.1, 0.15) is 51.2 Å². The summed E-state index contributed by atoms with van der Waals surface area (Å²) in [6, 6.07) is 23.1. The molecular formula is C31H28FN3O4. The molecule has 0 fully saturated rings. The van der Waals surface area contributed by atoms with Gasteiger partial charge >= 0.3 is 5.97 Å². The van der Waals surface area contributed by atoms with Crippen molar-refractivity contribution in [2.45, 2.75) is 25.9 Å². The summed E-state index contributed by atoms with van der Waals surface area (Å²) in [5.41, 5.74) is 3.35. The first-order chi connectivity index (χ1) is 18.8. The molecule has 0 aliphatic carbocycles. The van der Waals surface area contributed by atoms with Crippen LogP contribution in [0.25, 0.3) is 11.1 Å². The number of carboxylic acid groups (broad SMARTS) is 1. The summed E-state index contributed by atoms with van der Waals surface area (Å²) in [4.78, 5) is 44.1. The summed E-state index contributed by atoms with van der Waals surface area (Å²) < 4.78 is 13.3. The van der Waals surface area contributed by atoms with Crippen LogP contribution in [0, 0.1) is 5.82 Å². The van der Waals surface area contributed by atoms with Gasteiger partial charge in [0.05, 0.1) is 12.5 Å². The van der Waals surface area contributed by atoms with E-state index in [1.807, 2.05) is 13.0 Å². The lowest BCUT2D eigenvalue weighted by Crippen LogP contribution is -2.33. The number of nitrogens with zero attached hydrogens (tertiary/aromatic N) is 2. The van der Waals surface area contributed by atoms with Crippen molar-refractivity contribution in [2.24, 2.45) is 0 Å². The number of amides is 2. The monoisotopic (exact) mass is 525 g/mol. The van der Waals surface area contributed by atoms with Gasteiger partial charge in [-0.3, -0.25) is 19.4 Å². The van der Waals surface area contributed by atoms with E-state index in [-0.39, 0.29) is 43.2 Å². The maximum Gasteiger partial charge on any atom is 0.305 e. The molecule has 0 radical (unpaired) electrons. The van der Waals surface area contributed by atoms with E-state index in [1.165, 1.54) is 17.0 Å². The third-order valence-electron chi connectivity index (χ3n) is 6.32.